The summed E-state index contributed by atoms with van der Waals surface area (Å²) in [4.78, 5) is 0. The van der Waals surface area contributed by atoms with E-state index in [0.717, 1.165) is 5.69 Å². The maximum Gasteiger partial charge on any atom is 0.128 e. The molecule has 2 N–H and O–H groups in total. The van der Waals surface area contributed by atoms with Crippen molar-refractivity contribution < 1.29 is 4.39 Å². The first-order valence-electron chi connectivity index (χ1n) is 4.72. The van der Waals surface area contributed by atoms with Crippen molar-refractivity contribution >= 4 is 0 Å². The average molecular weight is 205 g/mol. The fourth-order valence-corrected chi connectivity index (χ4v) is 1.34. The van der Waals surface area contributed by atoms with E-state index >= 15 is 0 Å². The summed E-state index contributed by atoms with van der Waals surface area (Å²) in [6.45, 7) is 2.12. The fourth-order valence-electron chi connectivity index (χ4n) is 1.34. The molecule has 0 atom stereocenters. The van der Waals surface area contributed by atoms with Crippen LogP contribution in [0.5, 0.6) is 0 Å². The van der Waals surface area contributed by atoms with Gasteiger partial charge >= 0.3 is 0 Å². The molecular weight excluding hydrogens is 193 g/mol. The Labute approximate surface area is 87.3 Å². The molecule has 0 fully saturated rings. The summed E-state index contributed by atoms with van der Waals surface area (Å²) in [6.07, 6.45) is 1.77. The molecule has 78 valence electrons. The van der Waals surface area contributed by atoms with Crippen molar-refractivity contribution in [1.29, 1.82) is 0 Å². The fraction of sp³-hybridized carbons (Fsp3) is 0.182. The number of rotatable bonds is 2. The first-order valence-corrected chi connectivity index (χ1v) is 4.72. The molecule has 4 heteroatoms. The number of nitrogens with two attached hydrogens (primary N) is 1. The summed E-state index contributed by atoms with van der Waals surface area (Å²) < 4.78 is 14.9. The molecule has 0 aliphatic rings. The first kappa shape index (κ1) is 9.86. The van der Waals surface area contributed by atoms with Gasteiger partial charge in [-0.3, -0.25) is 0 Å². The van der Waals surface area contributed by atoms with Gasteiger partial charge in [0.1, 0.15) is 5.82 Å². The van der Waals surface area contributed by atoms with E-state index in [0.29, 0.717) is 17.8 Å². The van der Waals surface area contributed by atoms with Crippen molar-refractivity contribution in [3.8, 4) is 5.69 Å². The second-order valence-corrected chi connectivity index (χ2v) is 3.39. The second kappa shape index (κ2) is 3.82. The van der Waals surface area contributed by atoms with E-state index in [1.165, 1.54) is 6.07 Å². The molecule has 1 heterocycles. The Morgan fingerprint density at radius 1 is 1.40 bits per heavy atom. The number of aromatic nitrogens is 2. The van der Waals surface area contributed by atoms with Crippen LogP contribution in [0.1, 0.15) is 11.3 Å². The van der Waals surface area contributed by atoms with E-state index in [4.69, 9.17) is 5.73 Å². The smallest absolute Gasteiger partial charge is 0.128 e. The maximum absolute atomic E-state index is 13.3. The zero-order valence-corrected chi connectivity index (χ0v) is 8.44. The van der Waals surface area contributed by atoms with Gasteiger partial charge in [0.2, 0.25) is 0 Å². The minimum absolute atomic E-state index is 0.225. The van der Waals surface area contributed by atoms with Crippen LogP contribution in [0.2, 0.25) is 0 Å². The van der Waals surface area contributed by atoms with Gasteiger partial charge in [-0.25, -0.2) is 9.07 Å². The highest BCUT2D eigenvalue weighted by atomic mass is 19.1. The van der Waals surface area contributed by atoms with Crippen LogP contribution in [0.4, 0.5) is 4.39 Å². The summed E-state index contributed by atoms with van der Waals surface area (Å²) in [5.74, 6) is -0.225. The number of hydrogen-bond acceptors (Lipinski definition) is 2. The Morgan fingerprint density at radius 2 is 2.20 bits per heavy atom. The number of hydrogen-bond donors (Lipinski definition) is 1. The quantitative estimate of drug-likeness (QED) is 0.812. The minimum Gasteiger partial charge on any atom is -0.325 e. The summed E-state index contributed by atoms with van der Waals surface area (Å²) >= 11 is 0. The highest BCUT2D eigenvalue weighted by Crippen LogP contribution is 2.12. The van der Waals surface area contributed by atoms with Gasteiger partial charge in [-0.2, -0.15) is 5.10 Å². The van der Waals surface area contributed by atoms with E-state index in [-0.39, 0.29) is 5.82 Å². The molecule has 0 spiro atoms. The lowest BCUT2D eigenvalue weighted by atomic mass is 10.2. The second-order valence-electron chi connectivity index (χ2n) is 3.39. The van der Waals surface area contributed by atoms with Gasteiger partial charge in [0, 0.05) is 12.7 Å². The molecule has 0 saturated heterocycles. The first-order chi connectivity index (χ1) is 7.20. The Kier molecular flexibility index (Phi) is 2.51. The van der Waals surface area contributed by atoms with Crippen molar-refractivity contribution in [2.75, 3.05) is 0 Å². The molecule has 0 aliphatic heterocycles. The summed E-state index contributed by atoms with van der Waals surface area (Å²) in [6, 6.07) is 6.83. The van der Waals surface area contributed by atoms with Gasteiger partial charge in [0.15, 0.2) is 0 Å². The van der Waals surface area contributed by atoms with Gasteiger partial charge < -0.3 is 5.73 Å². The zero-order valence-electron chi connectivity index (χ0n) is 8.44. The molecule has 0 radical (unpaired) electrons. The van der Waals surface area contributed by atoms with Crippen molar-refractivity contribution in [3.63, 3.8) is 0 Å². The van der Waals surface area contributed by atoms with Crippen LogP contribution >= 0.6 is 0 Å². The lowest BCUT2D eigenvalue weighted by Crippen LogP contribution is -2.00. The van der Waals surface area contributed by atoms with Crippen molar-refractivity contribution in [3.05, 3.63) is 47.5 Å². The molecule has 0 unspecified atom stereocenters. The van der Waals surface area contributed by atoms with Crippen LogP contribution in [-0.2, 0) is 6.54 Å². The van der Waals surface area contributed by atoms with E-state index in [9.17, 15) is 4.39 Å². The molecule has 0 bridgehead atoms. The predicted octanol–water partition coefficient (Wildman–Crippen LogP) is 1.78. The Morgan fingerprint density at radius 3 is 2.80 bits per heavy atom. The Hall–Kier alpha value is -1.68. The third-order valence-corrected chi connectivity index (χ3v) is 2.27. The zero-order chi connectivity index (χ0) is 10.8. The van der Waals surface area contributed by atoms with E-state index < -0.39 is 0 Å². The highest BCUT2D eigenvalue weighted by molar-refractivity contribution is 5.34. The molecule has 2 rings (SSSR count). The molecule has 3 nitrogen and oxygen atoms in total. The number of benzene rings is 1. The van der Waals surface area contributed by atoms with Crippen LogP contribution < -0.4 is 5.73 Å². The van der Waals surface area contributed by atoms with Gasteiger partial charge in [-0.05, 0) is 30.7 Å². The van der Waals surface area contributed by atoms with E-state index in [1.807, 2.05) is 12.1 Å². The Bertz CT molecular complexity index is 476. The third-order valence-electron chi connectivity index (χ3n) is 2.27. The highest BCUT2D eigenvalue weighted by Gasteiger charge is 2.02. The molecule has 2 aromatic rings. The average Bonchev–Trinajstić information content (AvgIpc) is 2.70. The van der Waals surface area contributed by atoms with Crippen molar-refractivity contribution in [2.45, 2.75) is 13.5 Å². The van der Waals surface area contributed by atoms with Crippen molar-refractivity contribution in [2.24, 2.45) is 5.73 Å². The van der Waals surface area contributed by atoms with Crippen LogP contribution in [-0.4, -0.2) is 9.78 Å². The lowest BCUT2D eigenvalue weighted by Gasteiger charge is -2.02. The normalized spacial score (nSPS) is 10.6. The maximum atomic E-state index is 13.3. The van der Waals surface area contributed by atoms with Gasteiger partial charge in [-0.15, -0.1) is 0 Å². The van der Waals surface area contributed by atoms with Crippen LogP contribution in [0.3, 0.4) is 0 Å². The molecule has 15 heavy (non-hydrogen) atoms. The summed E-state index contributed by atoms with van der Waals surface area (Å²) in [5, 5.41) is 4.19. The van der Waals surface area contributed by atoms with Crippen LogP contribution in [0.25, 0.3) is 5.69 Å². The minimum atomic E-state index is -0.225. The standard InChI is InChI=1S/C11H12FN3/c1-8-2-3-10(6-11(8)12)15-5-4-9(7-13)14-15/h2-6H,7,13H2,1H3. The molecular formula is C11H12FN3. The van der Waals surface area contributed by atoms with Gasteiger partial charge in [-0.1, -0.05) is 6.07 Å². The molecule has 1 aromatic carbocycles. The van der Waals surface area contributed by atoms with E-state index in [2.05, 4.69) is 5.10 Å². The van der Waals surface area contributed by atoms with Gasteiger partial charge in [0.05, 0.1) is 11.4 Å². The predicted molar refractivity (Wildman–Crippen MR) is 56.2 cm³/mol. The largest absolute Gasteiger partial charge is 0.325 e. The SMILES string of the molecule is Cc1ccc(-n2ccc(CN)n2)cc1F. The van der Waals surface area contributed by atoms with Crippen molar-refractivity contribution in [1.82, 2.24) is 9.78 Å². The number of halogens is 1. The lowest BCUT2D eigenvalue weighted by molar-refractivity contribution is 0.616. The van der Waals surface area contributed by atoms with E-state index in [1.54, 1.807) is 23.9 Å². The summed E-state index contributed by atoms with van der Waals surface area (Å²) in [5.41, 5.74) is 7.57. The number of nitrogens with zero attached hydrogens (tertiary/aromatic N) is 2. The summed E-state index contributed by atoms with van der Waals surface area (Å²) in [7, 11) is 0. The number of aryl methyl sites for hydroxylation is 1. The van der Waals surface area contributed by atoms with Crippen LogP contribution in [0.15, 0.2) is 30.5 Å². The molecule has 0 saturated carbocycles. The Balaban J connectivity index is 2.40. The van der Waals surface area contributed by atoms with Crippen LogP contribution in [0, 0.1) is 12.7 Å². The molecule has 0 aliphatic carbocycles. The topological polar surface area (TPSA) is 43.8 Å². The molecule has 1 aromatic heterocycles. The van der Waals surface area contributed by atoms with Gasteiger partial charge in [0.25, 0.3) is 0 Å². The monoisotopic (exact) mass is 205 g/mol. The third kappa shape index (κ3) is 1.89. The molecule has 0 amide bonds.